The summed E-state index contributed by atoms with van der Waals surface area (Å²) in [5.41, 5.74) is 8.20. The van der Waals surface area contributed by atoms with Crippen molar-refractivity contribution in [3.8, 4) is 5.75 Å². The van der Waals surface area contributed by atoms with Gasteiger partial charge in [0.25, 0.3) is 0 Å². The molecule has 3 aromatic carbocycles. The highest BCUT2D eigenvalue weighted by Gasteiger charge is 2.19. The maximum Gasteiger partial charge on any atom is 0.323 e. The van der Waals surface area contributed by atoms with Crippen molar-refractivity contribution in [3.05, 3.63) is 99.0 Å². The molecule has 1 aliphatic rings. The van der Waals surface area contributed by atoms with Crippen molar-refractivity contribution in [1.29, 1.82) is 0 Å². The molecule has 0 saturated heterocycles. The van der Waals surface area contributed by atoms with E-state index in [2.05, 4.69) is 47.2 Å². The standard InChI is InChI=1S/C23H18N2O2/c1-14-6-8-16-13-27-22-5-3-2-4-17(22)19(18(16)10-14)11-15-7-9-20-21(12-15)25-23(26)24-20/h2-12H,13H2,1H3,(H2,24,25,26)/b19-11-. The summed E-state index contributed by atoms with van der Waals surface area (Å²) in [6, 6.07) is 20.5. The molecule has 2 N–H and O–H groups in total. The van der Waals surface area contributed by atoms with Gasteiger partial charge in [-0.1, -0.05) is 48.0 Å². The Hall–Kier alpha value is -3.53. The molecular weight excluding hydrogens is 336 g/mol. The number of ether oxygens (including phenoxy) is 1. The van der Waals surface area contributed by atoms with Crippen LogP contribution in [0.3, 0.4) is 0 Å². The maximum absolute atomic E-state index is 11.6. The van der Waals surface area contributed by atoms with E-state index in [1.54, 1.807) is 0 Å². The topological polar surface area (TPSA) is 57.9 Å². The summed E-state index contributed by atoms with van der Waals surface area (Å²) >= 11 is 0. The smallest absolute Gasteiger partial charge is 0.323 e. The molecule has 1 aromatic heterocycles. The average molecular weight is 354 g/mol. The molecule has 4 heteroatoms. The Morgan fingerprint density at radius 1 is 0.926 bits per heavy atom. The van der Waals surface area contributed by atoms with Crippen LogP contribution in [0.4, 0.5) is 0 Å². The number of hydrogen-bond acceptors (Lipinski definition) is 2. The summed E-state index contributed by atoms with van der Waals surface area (Å²) in [6.07, 6.45) is 2.16. The van der Waals surface area contributed by atoms with Gasteiger partial charge in [-0.2, -0.15) is 0 Å². The molecule has 0 atom stereocenters. The number of aromatic amines is 2. The van der Waals surface area contributed by atoms with Crippen molar-refractivity contribution in [2.75, 3.05) is 0 Å². The largest absolute Gasteiger partial charge is 0.488 e. The van der Waals surface area contributed by atoms with E-state index < -0.39 is 0 Å². The molecule has 2 heterocycles. The van der Waals surface area contributed by atoms with Crippen molar-refractivity contribution in [3.63, 3.8) is 0 Å². The number of para-hydroxylation sites is 1. The van der Waals surface area contributed by atoms with E-state index in [-0.39, 0.29) is 5.69 Å². The minimum atomic E-state index is -0.191. The molecule has 0 radical (unpaired) electrons. The highest BCUT2D eigenvalue weighted by Crippen LogP contribution is 2.38. The van der Waals surface area contributed by atoms with E-state index in [1.807, 2.05) is 36.4 Å². The van der Waals surface area contributed by atoms with Crippen molar-refractivity contribution in [1.82, 2.24) is 9.97 Å². The molecule has 0 unspecified atom stereocenters. The van der Waals surface area contributed by atoms with Gasteiger partial charge in [0.2, 0.25) is 0 Å². The summed E-state index contributed by atoms with van der Waals surface area (Å²) in [6.45, 7) is 2.65. The van der Waals surface area contributed by atoms with E-state index in [1.165, 1.54) is 16.7 Å². The highest BCUT2D eigenvalue weighted by atomic mass is 16.5. The molecule has 0 bridgehead atoms. The number of fused-ring (bicyclic) bond motifs is 3. The molecule has 27 heavy (non-hydrogen) atoms. The Labute approximate surface area is 156 Å². The number of benzene rings is 3. The molecule has 0 saturated carbocycles. The van der Waals surface area contributed by atoms with Gasteiger partial charge in [-0.25, -0.2) is 4.79 Å². The average Bonchev–Trinajstić information content (AvgIpc) is 2.97. The van der Waals surface area contributed by atoms with Crippen LogP contribution in [-0.2, 0) is 6.61 Å². The Bertz CT molecular complexity index is 1260. The Balaban J connectivity index is 1.76. The van der Waals surface area contributed by atoms with Crippen molar-refractivity contribution in [2.24, 2.45) is 0 Å². The molecule has 0 fully saturated rings. The van der Waals surface area contributed by atoms with Gasteiger partial charge < -0.3 is 14.7 Å². The fraction of sp³-hybridized carbons (Fsp3) is 0.0870. The summed E-state index contributed by atoms with van der Waals surface area (Å²) in [4.78, 5) is 17.2. The van der Waals surface area contributed by atoms with Crippen molar-refractivity contribution >= 4 is 22.7 Å². The molecule has 132 valence electrons. The van der Waals surface area contributed by atoms with Crippen molar-refractivity contribution < 1.29 is 4.74 Å². The first kappa shape index (κ1) is 15.7. The van der Waals surface area contributed by atoms with Gasteiger partial charge in [0.1, 0.15) is 12.4 Å². The van der Waals surface area contributed by atoms with E-state index in [4.69, 9.17) is 4.74 Å². The summed E-state index contributed by atoms with van der Waals surface area (Å²) in [5.74, 6) is 0.883. The first-order valence-corrected chi connectivity index (χ1v) is 8.93. The number of H-pyrrole nitrogens is 2. The minimum absolute atomic E-state index is 0.191. The number of aromatic nitrogens is 2. The fourth-order valence-corrected chi connectivity index (χ4v) is 3.64. The Morgan fingerprint density at radius 3 is 2.70 bits per heavy atom. The Morgan fingerprint density at radius 2 is 1.78 bits per heavy atom. The monoisotopic (exact) mass is 354 g/mol. The van der Waals surface area contributed by atoms with Crippen LogP contribution in [0.5, 0.6) is 5.75 Å². The molecule has 0 amide bonds. The Kier molecular flexibility index (Phi) is 3.50. The lowest BCUT2D eigenvalue weighted by atomic mass is 9.91. The van der Waals surface area contributed by atoms with Crippen LogP contribution >= 0.6 is 0 Å². The SMILES string of the molecule is Cc1ccc2c(c1)/C(=C\c1ccc3[nH]c(=O)[nH]c3c1)c1ccccc1OC2. The minimum Gasteiger partial charge on any atom is -0.488 e. The molecule has 0 aliphatic carbocycles. The van der Waals surface area contributed by atoms with Crippen LogP contribution in [0.2, 0.25) is 0 Å². The quantitative estimate of drug-likeness (QED) is 0.523. The van der Waals surface area contributed by atoms with Crippen LogP contribution in [0.25, 0.3) is 22.7 Å². The predicted octanol–water partition coefficient (Wildman–Crippen LogP) is 4.65. The number of nitrogens with one attached hydrogen (secondary N) is 2. The number of rotatable bonds is 1. The lowest BCUT2D eigenvalue weighted by Gasteiger charge is -2.11. The van der Waals surface area contributed by atoms with E-state index in [0.717, 1.165) is 33.5 Å². The zero-order valence-corrected chi connectivity index (χ0v) is 14.9. The van der Waals surface area contributed by atoms with Crippen LogP contribution in [0, 0.1) is 6.92 Å². The maximum atomic E-state index is 11.6. The van der Waals surface area contributed by atoms with E-state index in [9.17, 15) is 4.79 Å². The normalized spacial score (nSPS) is 14.5. The predicted molar refractivity (Wildman–Crippen MR) is 108 cm³/mol. The molecule has 4 aromatic rings. The lowest BCUT2D eigenvalue weighted by molar-refractivity contribution is 0.307. The zero-order chi connectivity index (χ0) is 18.4. The first-order chi connectivity index (χ1) is 13.2. The molecule has 1 aliphatic heterocycles. The van der Waals surface area contributed by atoms with E-state index in [0.29, 0.717) is 6.61 Å². The van der Waals surface area contributed by atoms with Gasteiger partial charge in [-0.05, 0) is 53.5 Å². The van der Waals surface area contributed by atoms with Gasteiger partial charge in [-0.15, -0.1) is 0 Å². The molecule has 4 nitrogen and oxygen atoms in total. The van der Waals surface area contributed by atoms with Crippen LogP contribution in [-0.4, -0.2) is 9.97 Å². The number of hydrogen-bond donors (Lipinski definition) is 2. The third kappa shape index (κ3) is 2.75. The zero-order valence-electron chi connectivity index (χ0n) is 14.9. The number of imidazole rings is 1. The molecule has 0 spiro atoms. The third-order valence-electron chi connectivity index (χ3n) is 4.97. The summed E-state index contributed by atoms with van der Waals surface area (Å²) in [7, 11) is 0. The van der Waals surface area contributed by atoms with Crippen LogP contribution in [0.15, 0.2) is 65.5 Å². The second-order valence-electron chi connectivity index (χ2n) is 6.89. The van der Waals surface area contributed by atoms with Gasteiger partial charge in [0, 0.05) is 5.56 Å². The second-order valence-corrected chi connectivity index (χ2v) is 6.89. The number of aryl methyl sites for hydroxylation is 1. The molecule has 5 rings (SSSR count). The first-order valence-electron chi connectivity index (χ1n) is 8.93. The van der Waals surface area contributed by atoms with Gasteiger partial charge >= 0.3 is 5.69 Å². The van der Waals surface area contributed by atoms with Gasteiger partial charge in [-0.3, -0.25) is 0 Å². The van der Waals surface area contributed by atoms with Crippen LogP contribution in [0.1, 0.15) is 27.8 Å². The lowest BCUT2D eigenvalue weighted by Crippen LogP contribution is -1.99. The third-order valence-corrected chi connectivity index (χ3v) is 4.97. The van der Waals surface area contributed by atoms with E-state index >= 15 is 0 Å². The molecular formula is C23H18N2O2. The summed E-state index contributed by atoms with van der Waals surface area (Å²) in [5, 5.41) is 0. The van der Waals surface area contributed by atoms with Crippen molar-refractivity contribution in [2.45, 2.75) is 13.5 Å². The van der Waals surface area contributed by atoms with Gasteiger partial charge in [0.05, 0.1) is 11.0 Å². The summed E-state index contributed by atoms with van der Waals surface area (Å²) < 4.78 is 6.06. The second kappa shape index (κ2) is 6.02. The van der Waals surface area contributed by atoms with Gasteiger partial charge in [0.15, 0.2) is 0 Å². The van der Waals surface area contributed by atoms with Crippen LogP contribution < -0.4 is 10.4 Å². The highest BCUT2D eigenvalue weighted by molar-refractivity contribution is 5.95. The fourth-order valence-electron chi connectivity index (χ4n) is 3.64.